The highest BCUT2D eigenvalue weighted by Gasteiger charge is 2.43. The summed E-state index contributed by atoms with van der Waals surface area (Å²) in [4.78, 5) is 8.43. The van der Waals surface area contributed by atoms with Gasteiger partial charge in [0.2, 0.25) is 0 Å². The molecule has 29 heavy (non-hydrogen) atoms. The lowest BCUT2D eigenvalue weighted by atomic mass is 9.70. The molecule has 2 aromatic carbocycles. The fourth-order valence-corrected chi connectivity index (χ4v) is 4.70. The molecule has 142 valence electrons. The van der Waals surface area contributed by atoms with Crippen LogP contribution in [-0.4, -0.2) is 17.1 Å². The maximum absolute atomic E-state index is 5.61. The van der Waals surface area contributed by atoms with Gasteiger partial charge in [-0.1, -0.05) is 30.3 Å². The van der Waals surface area contributed by atoms with E-state index in [0.29, 0.717) is 0 Å². The highest BCUT2D eigenvalue weighted by molar-refractivity contribution is 5.82. The molecule has 0 aliphatic heterocycles. The lowest BCUT2D eigenvalue weighted by Crippen LogP contribution is -2.31. The molecule has 3 nitrogen and oxygen atoms in total. The lowest BCUT2D eigenvalue weighted by molar-refractivity contribution is 0.412. The highest BCUT2D eigenvalue weighted by atomic mass is 16.5. The Kier molecular flexibility index (Phi) is 4.36. The van der Waals surface area contributed by atoms with Crippen LogP contribution in [0.15, 0.2) is 91.5 Å². The standard InChI is InChI=1S/C26H22N2O/c1-29-21-6-7-23-22-4-2-3-5-24(22)26(25(23)16-21,17-19-8-12-27-13-9-19)18-20-10-14-28-15-11-20/h2-16H,17-18H2,1H3. The number of ether oxygens (including phenoxy) is 1. The van der Waals surface area contributed by atoms with Crippen LogP contribution in [0.5, 0.6) is 5.75 Å². The zero-order chi connectivity index (χ0) is 19.7. The molecule has 2 heterocycles. The number of aromatic nitrogens is 2. The number of hydrogen-bond donors (Lipinski definition) is 0. The minimum atomic E-state index is -0.177. The summed E-state index contributed by atoms with van der Waals surface area (Å²) in [7, 11) is 1.73. The number of nitrogens with zero attached hydrogens (tertiary/aromatic N) is 2. The lowest BCUT2D eigenvalue weighted by Gasteiger charge is -2.33. The summed E-state index contributed by atoms with van der Waals surface area (Å²) < 4.78 is 5.61. The number of hydrogen-bond acceptors (Lipinski definition) is 3. The Morgan fingerprint density at radius 1 is 0.690 bits per heavy atom. The Morgan fingerprint density at radius 3 is 1.90 bits per heavy atom. The topological polar surface area (TPSA) is 35.0 Å². The average Bonchev–Trinajstić information content (AvgIpc) is 3.04. The molecular formula is C26H22N2O. The predicted octanol–water partition coefficient (Wildman–Crippen LogP) is 5.24. The largest absolute Gasteiger partial charge is 0.497 e. The van der Waals surface area contributed by atoms with Crippen LogP contribution in [0.4, 0.5) is 0 Å². The molecule has 0 amide bonds. The molecular weight excluding hydrogens is 356 g/mol. The summed E-state index contributed by atoms with van der Waals surface area (Å²) in [5.41, 5.74) is 7.68. The second-order valence-corrected chi connectivity index (χ2v) is 7.60. The molecule has 4 aromatic rings. The highest BCUT2D eigenvalue weighted by Crippen LogP contribution is 2.53. The van der Waals surface area contributed by atoms with Crippen LogP contribution in [0.1, 0.15) is 22.3 Å². The fraction of sp³-hybridized carbons (Fsp3) is 0.154. The summed E-state index contributed by atoms with van der Waals surface area (Å²) in [6, 6.07) is 23.8. The van der Waals surface area contributed by atoms with Gasteiger partial charge in [-0.05, 0) is 82.6 Å². The van der Waals surface area contributed by atoms with Crippen molar-refractivity contribution in [2.24, 2.45) is 0 Å². The first-order chi connectivity index (χ1) is 14.3. The summed E-state index contributed by atoms with van der Waals surface area (Å²) in [6.07, 6.45) is 9.31. The zero-order valence-electron chi connectivity index (χ0n) is 16.4. The zero-order valence-corrected chi connectivity index (χ0v) is 16.4. The van der Waals surface area contributed by atoms with E-state index < -0.39 is 0 Å². The third kappa shape index (κ3) is 2.99. The van der Waals surface area contributed by atoms with Gasteiger partial charge >= 0.3 is 0 Å². The number of pyridine rings is 2. The fourth-order valence-electron chi connectivity index (χ4n) is 4.70. The van der Waals surface area contributed by atoms with Crippen LogP contribution in [-0.2, 0) is 18.3 Å². The van der Waals surface area contributed by atoms with Gasteiger partial charge in [-0.3, -0.25) is 9.97 Å². The molecule has 0 N–H and O–H groups in total. The number of rotatable bonds is 5. The molecule has 0 radical (unpaired) electrons. The van der Waals surface area contributed by atoms with Gasteiger partial charge in [0.1, 0.15) is 5.75 Å². The van der Waals surface area contributed by atoms with Crippen molar-refractivity contribution in [2.45, 2.75) is 18.3 Å². The molecule has 0 spiro atoms. The van der Waals surface area contributed by atoms with Gasteiger partial charge in [0.25, 0.3) is 0 Å². The molecule has 0 saturated heterocycles. The molecule has 0 saturated carbocycles. The Morgan fingerprint density at radius 2 is 1.28 bits per heavy atom. The average molecular weight is 378 g/mol. The van der Waals surface area contributed by atoms with Crippen LogP contribution >= 0.6 is 0 Å². The smallest absolute Gasteiger partial charge is 0.119 e. The first kappa shape index (κ1) is 17.6. The van der Waals surface area contributed by atoms with E-state index in [1.807, 2.05) is 24.8 Å². The van der Waals surface area contributed by atoms with E-state index in [9.17, 15) is 0 Å². The van der Waals surface area contributed by atoms with Crippen molar-refractivity contribution < 1.29 is 4.74 Å². The van der Waals surface area contributed by atoms with E-state index in [-0.39, 0.29) is 5.41 Å². The van der Waals surface area contributed by atoms with Gasteiger partial charge in [-0.2, -0.15) is 0 Å². The molecule has 2 aromatic heterocycles. The van der Waals surface area contributed by atoms with E-state index in [1.165, 1.54) is 33.4 Å². The van der Waals surface area contributed by atoms with Crippen LogP contribution in [0.3, 0.4) is 0 Å². The van der Waals surface area contributed by atoms with E-state index in [1.54, 1.807) is 7.11 Å². The second-order valence-electron chi connectivity index (χ2n) is 7.60. The molecule has 0 fully saturated rings. The summed E-state index contributed by atoms with van der Waals surface area (Å²) in [5.74, 6) is 0.894. The normalized spacial score (nSPS) is 13.6. The van der Waals surface area contributed by atoms with Crippen molar-refractivity contribution in [1.29, 1.82) is 0 Å². The van der Waals surface area contributed by atoms with Crippen molar-refractivity contribution in [3.05, 3.63) is 114 Å². The van der Waals surface area contributed by atoms with Crippen molar-refractivity contribution in [3.8, 4) is 16.9 Å². The first-order valence-corrected chi connectivity index (χ1v) is 9.86. The monoisotopic (exact) mass is 378 g/mol. The molecule has 0 bridgehead atoms. The quantitative estimate of drug-likeness (QED) is 0.476. The molecule has 1 aliphatic rings. The van der Waals surface area contributed by atoms with Gasteiger partial charge in [-0.25, -0.2) is 0 Å². The minimum absolute atomic E-state index is 0.177. The van der Waals surface area contributed by atoms with Crippen LogP contribution in [0.2, 0.25) is 0 Å². The van der Waals surface area contributed by atoms with Crippen LogP contribution in [0, 0.1) is 0 Å². The van der Waals surface area contributed by atoms with Gasteiger partial charge in [-0.15, -0.1) is 0 Å². The van der Waals surface area contributed by atoms with E-state index in [0.717, 1.165) is 18.6 Å². The number of fused-ring (bicyclic) bond motifs is 3. The SMILES string of the molecule is COc1ccc2c(c1)C(Cc1ccncc1)(Cc1ccncc1)c1ccccc1-2. The second kappa shape index (κ2) is 7.17. The minimum Gasteiger partial charge on any atom is -0.497 e. The molecule has 3 heteroatoms. The van der Waals surface area contributed by atoms with Gasteiger partial charge in [0, 0.05) is 30.2 Å². The van der Waals surface area contributed by atoms with E-state index in [4.69, 9.17) is 4.74 Å². The third-order valence-corrected chi connectivity index (χ3v) is 5.99. The maximum atomic E-state index is 5.61. The van der Waals surface area contributed by atoms with E-state index >= 15 is 0 Å². The first-order valence-electron chi connectivity index (χ1n) is 9.86. The van der Waals surface area contributed by atoms with Crippen LogP contribution < -0.4 is 4.74 Å². The molecule has 5 rings (SSSR count). The Labute approximate surface area is 171 Å². The Balaban J connectivity index is 1.76. The van der Waals surface area contributed by atoms with Gasteiger partial charge < -0.3 is 4.74 Å². The van der Waals surface area contributed by atoms with E-state index in [2.05, 4.69) is 76.7 Å². The Bertz CT molecular complexity index is 1100. The van der Waals surface area contributed by atoms with Crippen molar-refractivity contribution in [1.82, 2.24) is 9.97 Å². The third-order valence-electron chi connectivity index (χ3n) is 5.99. The number of benzene rings is 2. The van der Waals surface area contributed by atoms with Gasteiger partial charge in [0.15, 0.2) is 0 Å². The van der Waals surface area contributed by atoms with Crippen molar-refractivity contribution in [2.75, 3.05) is 7.11 Å². The number of methoxy groups -OCH3 is 1. The molecule has 0 atom stereocenters. The molecule has 0 unspecified atom stereocenters. The predicted molar refractivity (Wildman–Crippen MR) is 115 cm³/mol. The summed E-state index contributed by atoms with van der Waals surface area (Å²) in [6.45, 7) is 0. The van der Waals surface area contributed by atoms with Gasteiger partial charge in [0.05, 0.1) is 7.11 Å². The van der Waals surface area contributed by atoms with Crippen molar-refractivity contribution >= 4 is 0 Å². The van der Waals surface area contributed by atoms with Crippen molar-refractivity contribution in [3.63, 3.8) is 0 Å². The summed E-state index contributed by atoms with van der Waals surface area (Å²) >= 11 is 0. The maximum Gasteiger partial charge on any atom is 0.119 e. The Hall–Kier alpha value is -3.46. The van der Waals surface area contributed by atoms with Crippen LogP contribution in [0.25, 0.3) is 11.1 Å². The summed E-state index contributed by atoms with van der Waals surface area (Å²) in [5, 5.41) is 0. The molecule has 1 aliphatic carbocycles.